The Morgan fingerprint density at radius 3 is 1.80 bits per heavy atom. The van der Waals surface area contributed by atoms with Gasteiger partial charge in [0, 0.05) is 43.4 Å². The van der Waals surface area contributed by atoms with Crippen LogP contribution >= 0.6 is 0 Å². The van der Waals surface area contributed by atoms with Gasteiger partial charge in [-0.15, -0.1) is 0 Å². The lowest BCUT2D eigenvalue weighted by Gasteiger charge is -2.45. The summed E-state index contributed by atoms with van der Waals surface area (Å²) in [6, 6.07) is 14.2. The highest BCUT2D eigenvalue weighted by atomic mass is 16.7. The molecule has 6 rings (SSSR count). The van der Waals surface area contributed by atoms with Crippen LogP contribution in [0, 0.1) is 17.8 Å². The molecule has 20 nitrogen and oxygen atoms in total. The maximum atomic E-state index is 13.5. The fourth-order valence-corrected chi connectivity index (χ4v) is 10.9. The van der Waals surface area contributed by atoms with Gasteiger partial charge in [-0.3, -0.25) is 9.59 Å². The van der Waals surface area contributed by atoms with Crippen molar-refractivity contribution in [1.82, 2.24) is 5.32 Å². The van der Waals surface area contributed by atoms with Gasteiger partial charge in [-0.25, -0.2) is 4.79 Å². The Morgan fingerprint density at radius 2 is 1.21 bits per heavy atom. The Kier molecular flexibility index (Phi) is 25.0. The van der Waals surface area contributed by atoms with Gasteiger partial charge in [-0.05, 0) is 55.4 Å². The zero-order chi connectivity index (χ0) is 59.7. The molecule has 0 saturated carbocycles. The van der Waals surface area contributed by atoms with Gasteiger partial charge in [0.2, 0.25) is 0 Å². The Balaban J connectivity index is 1.19. The van der Waals surface area contributed by atoms with Gasteiger partial charge < -0.3 is 85.2 Å². The Labute approximate surface area is 478 Å². The Hall–Kier alpha value is -5.69. The summed E-state index contributed by atoms with van der Waals surface area (Å²) in [5.74, 6) is -7.35. The van der Waals surface area contributed by atoms with Crippen molar-refractivity contribution < 1.29 is 94.2 Å². The molecule has 20 heteroatoms. The van der Waals surface area contributed by atoms with Crippen LogP contribution in [0.1, 0.15) is 96.1 Å². The molecular formula is C62H83NO19. The minimum absolute atomic E-state index is 0.0562. The summed E-state index contributed by atoms with van der Waals surface area (Å²) in [5.41, 5.74) is 3.98. The second-order valence-electron chi connectivity index (χ2n) is 22.0. The molecule has 0 spiro atoms. The fourth-order valence-electron chi connectivity index (χ4n) is 10.9. The summed E-state index contributed by atoms with van der Waals surface area (Å²) in [4.78, 5) is 39.0. The summed E-state index contributed by atoms with van der Waals surface area (Å²) < 4.78 is 29.5. The maximum absolute atomic E-state index is 13.5. The lowest BCUT2D eigenvalue weighted by molar-refractivity contribution is -0.309. The average molecular weight is 1150 g/mol. The molecule has 4 aliphatic rings. The third-order valence-electron chi connectivity index (χ3n) is 15.6. The molecule has 2 saturated heterocycles. The van der Waals surface area contributed by atoms with E-state index >= 15 is 0 Å². The first-order valence-corrected chi connectivity index (χ1v) is 28.1. The number of carboxylic acid groups (broad SMARTS) is 1. The molecule has 3 heterocycles. The minimum atomic E-state index is -2.40. The molecule has 1 aliphatic carbocycles. The number of rotatable bonds is 6. The number of hydrogen-bond acceptors (Lipinski definition) is 18. The zero-order valence-corrected chi connectivity index (χ0v) is 46.7. The number of carboxylic acids is 1. The molecule has 0 aromatic heterocycles. The number of fused-ring (bicyclic) bond motifs is 5. The molecule has 2 aromatic carbocycles. The highest BCUT2D eigenvalue weighted by Gasteiger charge is 2.51. The first-order valence-electron chi connectivity index (χ1n) is 28.1. The van der Waals surface area contributed by atoms with E-state index in [0.29, 0.717) is 0 Å². The largest absolute Gasteiger partial charge is 0.481 e. The number of carbonyl (C=O) groups is 3. The predicted octanol–water partition coefficient (Wildman–Crippen LogP) is 4.29. The van der Waals surface area contributed by atoms with Crippen LogP contribution in [0.4, 0.5) is 4.79 Å². The van der Waals surface area contributed by atoms with Crippen LogP contribution in [-0.2, 0) is 33.3 Å². The number of hydrogen-bond donors (Lipinski definition) is 12. The van der Waals surface area contributed by atoms with Gasteiger partial charge in [0.25, 0.3) is 0 Å². The number of cyclic esters (lactones) is 1. The van der Waals surface area contributed by atoms with Crippen LogP contribution in [0.15, 0.2) is 134 Å². The SMILES string of the molecule is CC1/C=C/C=C/C=C/C=C/C=C/C=C/C=C/C(OC2OC(C)C(O)C(NC(=O)OCC3c4ccccc4-c4ccccc43)C2O)CC2OC(O)(CC(O)CC(O)C(O)CCC(O)CC(O)CC(=O)OC(C)C(C)C1O)CC(O)C2C(=O)O. The number of amides is 1. The first kappa shape index (κ1) is 65.5. The number of nitrogens with one attached hydrogen (secondary N) is 1. The molecule has 12 N–H and O–H groups in total. The van der Waals surface area contributed by atoms with Gasteiger partial charge in [-0.2, -0.15) is 0 Å². The van der Waals surface area contributed by atoms with Gasteiger partial charge in [0.05, 0.1) is 73.5 Å². The van der Waals surface area contributed by atoms with Crippen molar-refractivity contribution in [3.8, 4) is 11.1 Å². The third kappa shape index (κ3) is 18.7. The van der Waals surface area contributed by atoms with Gasteiger partial charge in [0.1, 0.15) is 30.8 Å². The van der Waals surface area contributed by atoms with E-state index in [1.54, 1.807) is 86.8 Å². The zero-order valence-electron chi connectivity index (χ0n) is 46.7. The van der Waals surface area contributed by atoms with Crippen LogP contribution in [0.2, 0.25) is 0 Å². The van der Waals surface area contributed by atoms with Crippen molar-refractivity contribution in [2.45, 2.75) is 182 Å². The molecule has 19 atom stereocenters. The minimum Gasteiger partial charge on any atom is -0.481 e. The molecule has 2 aromatic rings. The van der Waals surface area contributed by atoms with E-state index in [1.807, 2.05) is 61.5 Å². The van der Waals surface area contributed by atoms with Crippen LogP contribution in [0.25, 0.3) is 11.1 Å². The first-order chi connectivity index (χ1) is 39.0. The van der Waals surface area contributed by atoms with E-state index in [4.69, 9.17) is 23.7 Å². The standard InChI is InChI=1S/C62H83NO19/c1-36-21-15-13-11-9-7-5-6-8-10-12-14-16-22-43(81-60-58(73)55(57(72)39(4)80-60)63-61(76)78-35-48-46-25-19-17-23-44(46)45-24-18-20-26-47(45)48)32-52-54(59(74)75)51(69)34-62(77,82-52)33-42(66)30-50(68)49(67)28-27-40(64)29-41(65)31-53(70)79-38(3)37(2)56(36)71/h5-26,36-43,48-52,54-58,60,64-69,71-73,77H,27-35H2,1-4H3,(H,63,76)(H,74,75)/b6-5+,9-7+,10-8+,13-11+,14-12+,21-15+,22-16+. The molecule has 19 unspecified atom stereocenters. The van der Waals surface area contributed by atoms with Gasteiger partial charge in [0.15, 0.2) is 12.1 Å². The van der Waals surface area contributed by atoms with E-state index < -0.39 is 159 Å². The monoisotopic (exact) mass is 1150 g/mol. The summed E-state index contributed by atoms with van der Waals surface area (Å²) >= 11 is 0. The number of alkyl carbamates (subject to hydrolysis) is 1. The van der Waals surface area contributed by atoms with Crippen LogP contribution in [0.5, 0.6) is 0 Å². The van der Waals surface area contributed by atoms with Crippen molar-refractivity contribution in [2.24, 2.45) is 17.8 Å². The molecule has 82 heavy (non-hydrogen) atoms. The molecule has 2 bridgehead atoms. The second kappa shape index (κ2) is 31.3. The smallest absolute Gasteiger partial charge is 0.407 e. The number of benzene rings is 2. The van der Waals surface area contributed by atoms with Gasteiger partial charge >= 0.3 is 18.0 Å². The number of carbonyl (C=O) groups excluding carboxylic acids is 2. The summed E-state index contributed by atoms with van der Waals surface area (Å²) in [5, 5.41) is 124. The maximum Gasteiger partial charge on any atom is 0.407 e. The second-order valence-corrected chi connectivity index (χ2v) is 22.0. The lowest BCUT2D eigenvalue weighted by Crippen LogP contribution is -2.64. The number of esters is 1. The van der Waals surface area contributed by atoms with Crippen molar-refractivity contribution in [1.29, 1.82) is 0 Å². The average Bonchev–Trinajstić information content (AvgIpc) is 2.88. The van der Waals surface area contributed by atoms with E-state index in [-0.39, 0.29) is 37.7 Å². The quantitative estimate of drug-likeness (QED) is 0.180. The van der Waals surface area contributed by atoms with Crippen molar-refractivity contribution in [3.63, 3.8) is 0 Å². The molecular weight excluding hydrogens is 1060 g/mol. The predicted molar refractivity (Wildman–Crippen MR) is 301 cm³/mol. The van der Waals surface area contributed by atoms with E-state index in [2.05, 4.69) is 5.32 Å². The highest BCUT2D eigenvalue weighted by molar-refractivity contribution is 5.79. The molecule has 450 valence electrons. The number of aliphatic hydroxyl groups is 10. The highest BCUT2D eigenvalue weighted by Crippen LogP contribution is 2.45. The van der Waals surface area contributed by atoms with E-state index in [0.717, 1.165) is 22.3 Å². The topological polar surface area (TPSA) is 332 Å². The third-order valence-corrected chi connectivity index (χ3v) is 15.6. The lowest BCUT2D eigenvalue weighted by atomic mass is 9.82. The van der Waals surface area contributed by atoms with Crippen molar-refractivity contribution in [2.75, 3.05) is 6.61 Å². The molecule has 2 fully saturated rings. The number of aliphatic hydroxyl groups excluding tert-OH is 9. The molecule has 0 radical (unpaired) electrons. The van der Waals surface area contributed by atoms with Crippen molar-refractivity contribution in [3.05, 3.63) is 145 Å². The Morgan fingerprint density at radius 1 is 0.634 bits per heavy atom. The van der Waals surface area contributed by atoms with Gasteiger partial charge in [-0.1, -0.05) is 147 Å². The fraction of sp³-hybridized carbons (Fsp3) is 0.532. The van der Waals surface area contributed by atoms with E-state index in [1.165, 1.54) is 13.0 Å². The normalized spacial score (nSPS) is 38.9. The number of aliphatic carboxylic acids is 1. The summed E-state index contributed by atoms with van der Waals surface area (Å²) in [6.45, 7) is 6.64. The summed E-state index contributed by atoms with van der Waals surface area (Å²) in [6.07, 6.45) is 0.660. The van der Waals surface area contributed by atoms with Crippen LogP contribution < -0.4 is 5.32 Å². The van der Waals surface area contributed by atoms with Crippen LogP contribution in [-0.4, -0.2) is 178 Å². The molecule has 3 aliphatic heterocycles. The van der Waals surface area contributed by atoms with E-state index in [9.17, 15) is 70.6 Å². The Bertz CT molecular complexity index is 2550. The van der Waals surface area contributed by atoms with Crippen LogP contribution in [0.3, 0.4) is 0 Å². The molecule has 1 amide bonds. The van der Waals surface area contributed by atoms with Crippen molar-refractivity contribution >= 4 is 18.0 Å². The number of allylic oxidation sites excluding steroid dienone is 12. The summed E-state index contributed by atoms with van der Waals surface area (Å²) in [7, 11) is 0. The number of ether oxygens (including phenoxy) is 5.